The Morgan fingerprint density at radius 3 is 3.29 bits per heavy atom. The van der Waals surface area contributed by atoms with Crippen molar-refractivity contribution in [3.05, 3.63) is 18.3 Å². The van der Waals surface area contributed by atoms with Gasteiger partial charge in [-0.05, 0) is 19.1 Å². The number of pyridine rings is 1. The lowest BCUT2D eigenvalue weighted by atomic mass is 10.3. The number of aromatic nitrogens is 1. The minimum Gasteiger partial charge on any atom is -0.490 e. The fourth-order valence-electron chi connectivity index (χ4n) is 1.89. The average Bonchev–Trinajstić information content (AvgIpc) is 2.40. The van der Waals surface area contributed by atoms with Crippen molar-refractivity contribution in [3.63, 3.8) is 0 Å². The van der Waals surface area contributed by atoms with Crippen LogP contribution in [-0.4, -0.2) is 42.7 Å². The van der Waals surface area contributed by atoms with Crippen molar-refractivity contribution in [2.75, 3.05) is 36.5 Å². The van der Waals surface area contributed by atoms with Gasteiger partial charge in [0.2, 0.25) is 0 Å². The van der Waals surface area contributed by atoms with Gasteiger partial charge in [0.25, 0.3) is 0 Å². The van der Waals surface area contributed by atoms with E-state index >= 15 is 0 Å². The minimum absolute atomic E-state index is 0.222. The lowest BCUT2D eigenvalue weighted by molar-refractivity contribution is 0.0566. The van der Waals surface area contributed by atoms with Gasteiger partial charge in [0.05, 0.1) is 19.3 Å². The Morgan fingerprint density at radius 1 is 1.65 bits per heavy atom. The second-order valence-electron chi connectivity index (χ2n) is 3.85. The van der Waals surface area contributed by atoms with E-state index in [4.69, 9.17) is 9.47 Å². The minimum atomic E-state index is 0.222. The zero-order valence-electron chi connectivity index (χ0n) is 9.93. The van der Waals surface area contributed by atoms with Crippen LogP contribution in [-0.2, 0) is 4.74 Å². The van der Waals surface area contributed by atoms with E-state index < -0.39 is 0 Å². The molecule has 5 heteroatoms. The van der Waals surface area contributed by atoms with Crippen LogP contribution in [0.4, 0.5) is 5.82 Å². The molecule has 1 atom stereocenters. The molecule has 2 heterocycles. The first kappa shape index (κ1) is 12.6. The van der Waals surface area contributed by atoms with E-state index in [0.717, 1.165) is 36.6 Å². The van der Waals surface area contributed by atoms with Gasteiger partial charge in [-0.25, -0.2) is 4.98 Å². The average molecular weight is 301 g/mol. The Hall–Kier alpha value is -0.810. The van der Waals surface area contributed by atoms with E-state index in [1.165, 1.54) is 0 Å². The number of hydrogen-bond donors (Lipinski definition) is 0. The Kier molecular flexibility index (Phi) is 4.62. The van der Waals surface area contributed by atoms with Crippen LogP contribution in [0.15, 0.2) is 18.3 Å². The molecular formula is C12H17BrN2O2. The molecule has 0 aliphatic carbocycles. The van der Waals surface area contributed by atoms with E-state index in [1.807, 2.05) is 19.1 Å². The Bertz CT molecular complexity index is 362. The number of nitrogens with zero attached hydrogens (tertiary/aromatic N) is 2. The second kappa shape index (κ2) is 6.21. The summed E-state index contributed by atoms with van der Waals surface area (Å²) in [6, 6.07) is 3.86. The van der Waals surface area contributed by atoms with Crippen LogP contribution in [0, 0.1) is 0 Å². The number of rotatable bonds is 4. The van der Waals surface area contributed by atoms with Crippen molar-refractivity contribution in [2.45, 2.75) is 13.0 Å². The SMILES string of the molecule is CCOc1cccnc1N1CCOC(CBr)C1. The molecule has 0 saturated carbocycles. The molecule has 1 aliphatic rings. The molecule has 1 aromatic rings. The third-order valence-corrected chi connectivity index (χ3v) is 3.38. The maximum atomic E-state index is 5.62. The molecule has 0 amide bonds. The zero-order chi connectivity index (χ0) is 12.1. The van der Waals surface area contributed by atoms with Crippen molar-refractivity contribution in [3.8, 4) is 5.75 Å². The summed E-state index contributed by atoms with van der Waals surface area (Å²) in [5.41, 5.74) is 0. The monoisotopic (exact) mass is 300 g/mol. The molecule has 1 fully saturated rings. The number of hydrogen-bond acceptors (Lipinski definition) is 4. The Balaban J connectivity index is 2.15. The molecule has 0 radical (unpaired) electrons. The van der Waals surface area contributed by atoms with Gasteiger partial charge in [-0.1, -0.05) is 15.9 Å². The fourth-order valence-corrected chi connectivity index (χ4v) is 2.28. The molecular weight excluding hydrogens is 284 g/mol. The first-order valence-electron chi connectivity index (χ1n) is 5.85. The van der Waals surface area contributed by atoms with Gasteiger partial charge in [-0.15, -0.1) is 0 Å². The van der Waals surface area contributed by atoms with E-state index in [2.05, 4.69) is 25.8 Å². The summed E-state index contributed by atoms with van der Waals surface area (Å²) in [5, 5.41) is 0.848. The predicted molar refractivity (Wildman–Crippen MR) is 71.2 cm³/mol. The highest BCUT2D eigenvalue weighted by atomic mass is 79.9. The van der Waals surface area contributed by atoms with E-state index in [-0.39, 0.29) is 6.10 Å². The van der Waals surface area contributed by atoms with Crippen molar-refractivity contribution in [1.82, 2.24) is 4.98 Å². The van der Waals surface area contributed by atoms with Crippen molar-refractivity contribution >= 4 is 21.7 Å². The zero-order valence-corrected chi connectivity index (χ0v) is 11.5. The number of anilines is 1. The Morgan fingerprint density at radius 2 is 2.53 bits per heavy atom. The summed E-state index contributed by atoms with van der Waals surface area (Å²) in [5.74, 6) is 1.77. The van der Waals surface area contributed by atoms with Crippen LogP contribution in [0.3, 0.4) is 0 Å². The van der Waals surface area contributed by atoms with E-state index in [9.17, 15) is 0 Å². The standard InChI is InChI=1S/C12H17BrN2O2/c1-2-16-11-4-3-5-14-12(11)15-6-7-17-10(8-13)9-15/h3-5,10H,2,6-9H2,1H3. The summed E-state index contributed by atoms with van der Waals surface area (Å²) in [6.45, 7) is 5.09. The third-order valence-electron chi connectivity index (χ3n) is 2.66. The van der Waals surface area contributed by atoms with Crippen molar-refractivity contribution in [1.29, 1.82) is 0 Å². The van der Waals surface area contributed by atoms with Gasteiger partial charge in [0.1, 0.15) is 0 Å². The van der Waals surface area contributed by atoms with Gasteiger partial charge < -0.3 is 14.4 Å². The van der Waals surface area contributed by atoms with Crippen LogP contribution in [0.2, 0.25) is 0 Å². The topological polar surface area (TPSA) is 34.6 Å². The van der Waals surface area contributed by atoms with Crippen molar-refractivity contribution in [2.24, 2.45) is 0 Å². The van der Waals surface area contributed by atoms with E-state index in [0.29, 0.717) is 6.61 Å². The van der Waals surface area contributed by atoms with Crippen LogP contribution >= 0.6 is 15.9 Å². The molecule has 2 rings (SSSR count). The Labute approximate surface area is 110 Å². The van der Waals surface area contributed by atoms with Crippen LogP contribution < -0.4 is 9.64 Å². The first-order valence-corrected chi connectivity index (χ1v) is 6.97. The lowest BCUT2D eigenvalue weighted by Crippen LogP contribution is -2.43. The molecule has 1 saturated heterocycles. The largest absolute Gasteiger partial charge is 0.490 e. The number of ether oxygens (including phenoxy) is 2. The molecule has 4 nitrogen and oxygen atoms in total. The predicted octanol–water partition coefficient (Wildman–Crippen LogP) is 2.08. The summed E-state index contributed by atoms with van der Waals surface area (Å²) in [6.07, 6.45) is 2.02. The highest BCUT2D eigenvalue weighted by Gasteiger charge is 2.22. The summed E-state index contributed by atoms with van der Waals surface area (Å²) in [4.78, 5) is 6.64. The molecule has 0 aromatic carbocycles. The van der Waals surface area contributed by atoms with Crippen molar-refractivity contribution < 1.29 is 9.47 Å². The lowest BCUT2D eigenvalue weighted by Gasteiger charge is -2.33. The van der Waals surface area contributed by atoms with Crippen LogP contribution in [0.25, 0.3) is 0 Å². The maximum absolute atomic E-state index is 5.62. The smallest absolute Gasteiger partial charge is 0.171 e. The van der Waals surface area contributed by atoms with Crippen LogP contribution in [0.5, 0.6) is 5.75 Å². The summed E-state index contributed by atoms with van der Waals surface area (Å²) >= 11 is 3.46. The van der Waals surface area contributed by atoms with Gasteiger partial charge in [0, 0.05) is 24.6 Å². The molecule has 94 valence electrons. The number of alkyl halides is 1. The highest BCUT2D eigenvalue weighted by Crippen LogP contribution is 2.26. The normalized spacial score (nSPS) is 20.4. The molecule has 1 unspecified atom stereocenters. The van der Waals surface area contributed by atoms with Gasteiger partial charge in [-0.3, -0.25) is 0 Å². The van der Waals surface area contributed by atoms with Gasteiger partial charge >= 0.3 is 0 Å². The third kappa shape index (κ3) is 3.10. The maximum Gasteiger partial charge on any atom is 0.171 e. The number of halogens is 1. The second-order valence-corrected chi connectivity index (χ2v) is 4.50. The number of morpholine rings is 1. The molecule has 1 aromatic heterocycles. The molecule has 0 spiro atoms. The fraction of sp³-hybridized carbons (Fsp3) is 0.583. The summed E-state index contributed by atoms with van der Waals surface area (Å²) in [7, 11) is 0. The van der Waals surface area contributed by atoms with Gasteiger partial charge in [-0.2, -0.15) is 0 Å². The van der Waals surface area contributed by atoms with Crippen LogP contribution in [0.1, 0.15) is 6.92 Å². The molecule has 0 N–H and O–H groups in total. The quantitative estimate of drug-likeness (QED) is 0.798. The molecule has 0 bridgehead atoms. The first-order chi connectivity index (χ1) is 8.35. The summed E-state index contributed by atoms with van der Waals surface area (Å²) < 4.78 is 11.2. The molecule has 17 heavy (non-hydrogen) atoms. The van der Waals surface area contributed by atoms with Gasteiger partial charge in [0.15, 0.2) is 11.6 Å². The highest BCUT2D eigenvalue weighted by molar-refractivity contribution is 9.09. The van der Waals surface area contributed by atoms with E-state index in [1.54, 1.807) is 6.20 Å². The molecule has 1 aliphatic heterocycles.